The molecule has 1 aliphatic carbocycles. The molecule has 0 spiro atoms. The summed E-state index contributed by atoms with van der Waals surface area (Å²) in [5, 5.41) is 4.35. The van der Waals surface area contributed by atoms with Gasteiger partial charge < -0.3 is 19.7 Å². The Kier molecular flexibility index (Phi) is 9.97. The molecule has 1 aromatic heterocycles. The lowest BCUT2D eigenvalue weighted by Crippen LogP contribution is -2.42. The second kappa shape index (κ2) is 12.7. The molecule has 0 radical (unpaired) electrons. The number of benzene rings is 1. The fraction of sp³-hybridized carbons (Fsp3) is 0.640. The molecule has 1 N–H and O–H groups in total. The van der Waals surface area contributed by atoms with E-state index in [9.17, 15) is 4.79 Å². The summed E-state index contributed by atoms with van der Waals surface area (Å²) in [5.74, 6) is 0.373. The van der Waals surface area contributed by atoms with Crippen LogP contribution in [0.5, 0.6) is 0 Å². The second-order valence-corrected chi connectivity index (χ2v) is 10.4. The van der Waals surface area contributed by atoms with Gasteiger partial charge in [-0.25, -0.2) is 0 Å². The summed E-state index contributed by atoms with van der Waals surface area (Å²) in [7, 11) is 3.24. The fourth-order valence-electron chi connectivity index (χ4n) is 4.54. The molecule has 0 saturated heterocycles. The minimum absolute atomic E-state index is 0.0280. The highest BCUT2D eigenvalue weighted by molar-refractivity contribution is 7.10. The third kappa shape index (κ3) is 7.06. The largest absolute Gasteiger partial charge is 0.469 e. The Hall–Kier alpha value is -1.90. The smallest absolute Gasteiger partial charge is 0.306 e. The number of halogens is 1. The van der Waals surface area contributed by atoms with E-state index in [2.05, 4.69) is 51.6 Å². The number of ether oxygens (including phenoxy) is 2. The quantitative estimate of drug-likeness (QED) is 0.351. The van der Waals surface area contributed by atoms with Crippen molar-refractivity contribution in [3.8, 4) is 0 Å². The van der Waals surface area contributed by atoms with E-state index in [1.54, 1.807) is 0 Å². The zero-order valence-corrected chi connectivity index (χ0v) is 22.4. The first kappa shape index (κ1) is 26.7. The molecule has 9 heteroatoms. The number of nitrogens with zero attached hydrogens (tertiary/aromatic N) is 3. The summed E-state index contributed by atoms with van der Waals surface area (Å²) in [6, 6.07) is 6.88. The molecule has 2 aromatic rings. The number of rotatable bonds is 11. The maximum Gasteiger partial charge on any atom is 0.306 e. The number of esters is 1. The molecule has 1 aromatic carbocycles. The van der Waals surface area contributed by atoms with Gasteiger partial charge in [-0.1, -0.05) is 33.3 Å². The summed E-state index contributed by atoms with van der Waals surface area (Å²) >= 11 is 7.23. The topological polar surface area (TPSA) is 76.6 Å². The van der Waals surface area contributed by atoms with Gasteiger partial charge in [-0.15, -0.1) is 0 Å². The van der Waals surface area contributed by atoms with Gasteiger partial charge in [-0.3, -0.25) is 4.79 Å². The molecule has 2 atom stereocenters. The Morgan fingerprint density at radius 2 is 2.00 bits per heavy atom. The predicted octanol–water partition coefficient (Wildman–Crippen LogP) is 6.41. The first-order chi connectivity index (χ1) is 16.3. The molecule has 0 bridgehead atoms. The average Bonchev–Trinajstić information content (AvgIpc) is 3.26. The van der Waals surface area contributed by atoms with Crippen LogP contribution in [0.4, 0.5) is 16.5 Å². The first-order valence-corrected chi connectivity index (χ1v) is 13.3. The average molecular weight is 509 g/mol. The number of aromatic nitrogens is 2. The molecule has 1 aliphatic rings. The Labute approximate surface area is 212 Å². The minimum Gasteiger partial charge on any atom is -0.469 e. The normalized spacial score (nSPS) is 19.9. The van der Waals surface area contributed by atoms with E-state index in [0.29, 0.717) is 29.6 Å². The number of carbonyl (C=O) groups excluding carboxylic acids is 1. The van der Waals surface area contributed by atoms with Crippen molar-refractivity contribution in [2.45, 2.75) is 77.4 Å². The fourth-order valence-corrected chi connectivity index (χ4v) is 5.26. The van der Waals surface area contributed by atoms with Crippen LogP contribution in [0.1, 0.15) is 70.8 Å². The second-order valence-electron chi connectivity index (χ2n) is 9.28. The van der Waals surface area contributed by atoms with Gasteiger partial charge in [0.1, 0.15) is 0 Å². The van der Waals surface area contributed by atoms with Crippen molar-refractivity contribution in [1.82, 2.24) is 9.36 Å². The number of methoxy groups -OCH3 is 2. The Morgan fingerprint density at radius 1 is 1.26 bits per heavy atom. The van der Waals surface area contributed by atoms with E-state index in [4.69, 9.17) is 21.1 Å². The summed E-state index contributed by atoms with van der Waals surface area (Å²) in [4.78, 5) is 18.7. The number of nitrogens with one attached hydrogen (secondary N) is 1. The van der Waals surface area contributed by atoms with Crippen LogP contribution in [0.25, 0.3) is 0 Å². The van der Waals surface area contributed by atoms with Gasteiger partial charge in [0, 0.05) is 31.2 Å². The number of anilines is 3. The van der Waals surface area contributed by atoms with E-state index in [1.165, 1.54) is 18.6 Å². The zero-order chi connectivity index (χ0) is 24.7. The lowest BCUT2D eigenvalue weighted by molar-refractivity contribution is -0.140. The van der Waals surface area contributed by atoms with Crippen LogP contribution in [-0.2, 0) is 14.3 Å². The minimum atomic E-state index is -0.213. The van der Waals surface area contributed by atoms with E-state index in [0.717, 1.165) is 55.6 Å². The van der Waals surface area contributed by atoms with Crippen molar-refractivity contribution in [3.63, 3.8) is 0 Å². The third-order valence-electron chi connectivity index (χ3n) is 6.87. The Morgan fingerprint density at radius 3 is 2.59 bits per heavy atom. The monoisotopic (exact) mass is 508 g/mol. The Balaban J connectivity index is 1.97. The van der Waals surface area contributed by atoms with E-state index in [1.807, 2.05) is 14.0 Å². The van der Waals surface area contributed by atoms with Gasteiger partial charge in [0.25, 0.3) is 0 Å². The van der Waals surface area contributed by atoms with E-state index >= 15 is 0 Å². The van der Waals surface area contributed by atoms with Gasteiger partial charge in [0.15, 0.2) is 0 Å². The zero-order valence-electron chi connectivity index (χ0n) is 20.8. The first-order valence-electron chi connectivity index (χ1n) is 12.1. The van der Waals surface area contributed by atoms with Crippen molar-refractivity contribution >= 4 is 45.6 Å². The predicted molar refractivity (Wildman–Crippen MR) is 140 cm³/mol. The summed E-state index contributed by atoms with van der Waals surface area (Å²) in [5.41, 5.74) is 3.17. The molecule has 1 unspecified atom stereocenters. The lowest BCUT2D eigenvalue weighted by Gasteiger charge is -2.40. The van der Waals surface area contributed by atoms with E-state index < -0.39 is 0 Å². The molecule has 0 aliphatic heterocycles. The van der Waals surface area contributed by atoms with Gasteiger partial charge >= 0.3 is 5.97 Å². The molecule has 34 heavy (non-hydrogen) atoms. The summed E-state index contributed by atoms with van der Waals surface area (Å²) in [6.45, 7) is 7.56. The molecule has 3 rings (SSSR count). The highest BCUT2D eigenvalue weighted by atomic mass is 35.5. The standard InChI is InChI=1S/C25H37ClN4O3S/c1-6-16(2)15-30(19-8-10-20(32-4)11-9-19)22-12-7-18(17(3)13-23(31)33-5)14-21(22)27-25-28-24(26)29-34-25/h7,12,14,16-17,19-20H,6,8-11,13,15H2,1-5H3,(H,27,28,29)/t16?,17-,19?,20?/m1/s1. The maximum absolute atomic E-state index is 11.9. The van der Waals surface area contributed by atoms with Crippen LogP contribution < -0.4 is 10.2 Å². The highest BCUT2D eigenvalue weighted by Gasteiger charge is 2.29. The van der Waals surface area contributed by atoms with Crippen molar-refractivity contribution in [2.75, 3.05) is 31.0 Å². The molecular weight excluding hydrogens is 472 g/mol. The molecule has 0 amide bonds. The summed E-state index contributed by atoms with van der Waals surface area (Å²) in [6.07, 6.45) is 6.13. The van der Waals surface area contributed by atoms with E-state index in [-0.39, 0.29) is 17.2 Å². The molecule has 188 valence electrons. The molecule has 1 saturated carbocycles. The number of hydrogen-bond donors (Lipinski definition) is 1. The Bertz CT molecular complexity index is 933. The maximum atomic E-state index is 11.9. The van der Waals surface area contributed by atoms with Crippen molar-refractivity contribution in [3.05, 3.63) is 29.0 Å². The van der Waals surface area contributed by atoms with Crippen LogP contribution in [0.2, 0.25) is 5.28 Å². The lowest BCUT2D eigenvalue weighted by atomic mass is 9.90. The van der Waals surface area contributed by atoms with Crippen LogP contribution in [0.3, 0.4) is 0 Å². The molecule has 1 fully saturated rings. The van der Waals surface area contributed by atoms with Gasteiger partial charge in [0.05, 0.1) is 31.0 Å². The van der Waals surface area contributed by atoms with Crippen LogP contribution in [-0.4, -0.2) is 48.2 Å². The van der Waals surface area contributed by atoms with Crippen molar-refractivity contribution in [1.29, 1.82) is 0 Å². The van der Waals surface area contributed by atoms with Crippen LogP contribution in [0.15, 0.2) is 18.2 Å². The van der Waals surface area contributed by atoms with Gasteiger partial charge in [-0.05, 0) is 66.8 Å². The number of carbonyl (C=O) groups is 1. The van der Waals surface area contributed by atoms with Gasteiger partial charge in [0.2, 0.25) is 10.4 Å². The SMILES string of the molecule is CCC(C)CN(c1ccc([C@H](C)CC(=O)OC)cc1Nc1nc(Cl)ns1)C1CCC(OC)CC1. The highest BCUT2D eigenvalue weighted by Crippen LogP contribution is 2.38. The number of hydrogen-bond acceptors (Lipinski definition) is 8. The summed E-state index contributed by atoms with van der Waals surface area (Å²) < 4.78 is 14.6. The van der Waals surface area contributed by atoms with Gasteiger partial charge in [-0.2, -0.15) is 9.36 Å². The van der Waals surface area contributed by atoms with Crippen LogP contribution in [0, 0.1) is 5.92 Å². The molecule has 7 nitrogen and oxygen atoms in total. The third-order valence-corrected chi connectivity index (χ3v) is 7.77. The molecular formula is C25H37ClN4O3S. The van der Waals surface area contributed by atoms with Crippen molar-refractivity contribution in [2.24, 2.45) is 5.92 Å². The molecule has 1 heterocycles. The van der Waals surface area contributed by atoms with Crippen LogP contribution >= 0.6 is 23.1 Å². The van der Waals surface area contributed by atoms with Crippen molar-refractivity contribution < 1.29 is 14.3 Å².